The summed E-state index contributed by atoms with van der Waals surface area (Å²) >= 11 is 7.23. The van der Waals surface area contributed by atoms with Gasteiger partial charge in [0.1, 0.15) is 0 Å². The van der Waals surface area contributed by atoms with Crippen molar-refractivity contribution in [3.05, 3.63) is 47.2 Å². The van der Waals surface area contributed by atoms with Crippen molar-refractivity contribution in [2.45, 2.75) is 24.3 Å². The third kappa shape index (κ3) is 3.63. The molecule has 0 saturated heterocycles. The van der Waals surface area contributed by atoms with Crippen LogP contribution in [0.25, 0.3) is 11.7 Å². The van der Waals surface area contributed by atoms with Crippen LogP contribution >= 0.6 is 23.4 Å². The van der Waals surface area contributed by atoms with Gasteiger partial charge in [-0.2, -0.15) is 0 Å². The Hall–Kier alpha value is -2.25. The van der Waals surface area contributed by atoms with E-state index in [1.165, 1.54) is 18.0 Å². The van der Waals surface area contributed by atoms with Crippen LogP contribution in [0.1, 0.15) is 12.5 Å². The maximum Gasteiger partial charge on any atom is 0.284 e. The summed E-state index contributed by atoms with van der Waals surface area (Å²) in [6.45, 7) is 3.61. The van der Waals surface area contributed by atoms with Gasteiger partial charge in [-0.25, -0.2) is 0 Å². The fraction of sp³-hybridized carbons (Fsp3) is 0.188. The molecule has 1 atom stereocenters. The molecule has 2 aromatic heterocycles. The highest BCUT2D eigenvalue weighted by Gasteiger charge is 2.20. The molecule has 124 valence electrons. The molecule has 8 heteroatoms. The van der Waals surface area contributed by atoms with Crippen LogP contribution in [-0.4, -0.2) is 21.4 Å². The minimum Gasteiger partial charge on any atom is -0.459 e. The van der Waals surface area contributed by atoms with Crippen molar-refractivity contribution in [3.8, 4) is 11.7 Å². The van der Waals surface area contributed by atoms with Gasteiger partial charge in [-0.3, -0.25) is 4.79 Å². The lowest BCUT2D eigenvalue weighted by Gasteiger charge is -2.12. The molecule has 2 heterocycles. The number of carbonyl (C=O) groups is 1. The minimum atomic E-state index is -0.423. The van der Waals surface area contributed by atoms with Crippen molar-refractivity contribution >= 4 is 35.0 Å². The number of furan rings is 1. The van der Waals surface area contributed by atoms with Gasteiger partial charge in [0, 0.05) is 10.7 Å². The highest BCUT2D eigenvalue weighted by molar-refractivity contribution is 8.00. The first-order chi connectivity index (χ1) is 11.5. The maximum absolute atomic E-state index is 12.3. The molecule has 0 fully saturated rings. The zero-order valence-corrected chi connectivity index (χ0v) is 14.5. The number of nitrogens with zero attached hydrogens (tertiary/aromatic N) is 2. The molecule has 0 unspecified atom stereocenters. The topological polar surface area (TPSA) is 81.2 Å². The van der Waals surface area contributed by atoms with Crippen LogP contribution in [0.2, 0.25) is 5.02 Å². The van der Waals surface area contributed by atoms with Crippen LogP contribution in [0.5, 0.6) is 0 Å². The Balaban J connectivity index is 1.65. The molecule has 0 aliphatic carbocycles. The van der Waals surface area contributed by atoms with E-state index in [9.17, 15) is 4.79 Å². The number of halogens is 1. The van der Waals surface area contributed by atoms with E-state index in [0.717, 1.165) is 5.56 Å². The van der Waals surface area contributed by atoms with E-state index in [2.05, 4.69) is 15.5 Å². The molecule has 24 heavy (non-hydrogen) atoms. The van der Waals surface area contributed by atoms with Crippen molar-refractivity contribution in [3.63, 3.8) is 0 Å². The molecule has 0 aliphatic rings. The summed E-state index contributed by atoms with van der Waals surface area (Å²) in [6, 6.07) is 8.82. The van der Waals surface area contributed by atoms with Crippen molar-refractivity contribution in [2.24, 2.45) is 0 Å². The molecule has 0 saturated carbocycles. The second kappa shape index (κ2) is 7.11. The summed E-state index contributed by atoms with van der Waals surface area (Å²) in [5.74, 6) is 0.588. The molecule has 0 bridgehead atoms. The van der Waals surface area contributed by atoms with Crippen LogP contribution < -0.4 is 5.32 Å². The second-order valence-electron chi connectivity index (χ2n) is 5.01. The van der Waals surface area contributed by atoms with Gasteiger partial charge in [0.2, 0.25) is 5.91 Å². The Morgan fingerprint density at radius 1 is 1.29 bits per heavy atom. The first kappa shape index (κ1) is 16.6. The Morgan fingerprint density at radius 2 is 2.12 bits per heavy atom. The van der Waals surface area contributed by atoms with Crippen LogP contribution in [0.4, 0.5) is 5.69 Å². The molecule has 3 aromatic rings. The molecule has 3 rings (SSSR count). The molecular formula is C16H14ClN3O3S. The Kier molecular flexibility index (Phi) is 4.92. The number of hydrogen-bond acceptors (Lipinski definition) is 6. The van der Waals surface area contributed by atoms with Gasteiger partial charge in [-0.05, 0) is 43.7 Å². The average molecular weight is 364 g/mol. The van der Waals surface area contributed by atoms with Crippen LogP contribution in [0, 0.1) is 6.92 Å². The van der Waals surface area contributed by atoms with Crippen molar-refractivity contribution in [2.75, 3.05) is 5.32 Å². The largest absolute Gasteiger partial charge is 0.459 e. The number of benzene rings is 1. The Labute approximate surface area is 147 Å². The number of rotatable bonds is 5. The SMILES string of the molecule is Cc1c(Cl)cccc1NC(=O)[C@H](C)Sc1nnc(-c2ccco2)o1. The Morgan fingerprint density at radius 3 is 2.88 bits per heavy atom. The number of amides is 1. The van der Waals surface area contributed by atoms with Crippen molar-refractivity contribution in [1.82, 2.24) is 10.2 Å². The first-order valence-corrected chi connectivity index (χ1v) is 8.40. The highest BCUT2D eigenvalue weighted by atomic mass is 35.5. The molecule has 1 aromatic carbocycles. The molecule has 0 aliphatic heterocycles. The van der Waals surface area contributed by atoms with E-state index in [4.69, 9.17) is 20.4 Å². The van der Waals surface area contributed by atoms with Gasteiger partial charge >= 0.3 is 0 Å². The van der Waals surface area contributed by atoms with Crippen LogP contribution in [0.15, 0.2) is 50.7 Å². The normalized spacial score (nSPS) is 12.1. The lowest BCUT2D eigenvalue weighted by Crippen LogP contribution is -2.22. The predicted octanol–water partition coefficient (Wildman–Crippen LogP) is 4.41. The summed E-state index contributed by atoms with van der Waals surface area (Å²) in [4.78, 5) is 12.3. The number of nitrogens with one attached hydrogen (secondary N) is 1. The molecule has 0 radical (unpaired) electrons. The van der Waals surface area contributed by atoms with E-state index in [1.807, 2.05) is 6.92 Å². The van der Waals surface area contributed by atoms with Crippen molar-refractivity contribution in [1.29, 1.82) is 0 Å². The number of aromatic nitrogens is 2. The lowest BCUT2D eigenvalue weighted by atomic mass is 10.2. The van der Waals surface area contributed by atoms with E-state index in [1.54, 1.807) is 37.3 Å². The summed E-state index contributed by atoms with van der Waals surface area (Å²) < 4.78 is 10.7. The number of anilines is 1. The monoisotopic (exact) mass is 363 g/mol. The lowest BCUT2D eigenvalue weighted by molar-refractivity contribution is -0.115. The summed E-state index contributed by atoms with van der Waals surface area (Å²) in [5, 5.41) is 11.2. The van der Waals surface area contributed by atoms with E-state index in [-0.39, 0.29) is 11.8 Å². The predicted molar refractivity (Wildman–Crippen MR) is 92.1 cm³/mol. The zero-order chi connectivity index (χ0) is 17.1. The van der Waals surface area contributed by atoms with Crippen LogP contribution in [0.3, 0.4) is 0 Å². The first-order valence-electron chi connectivity index (χ1n) is 7.14. The minimum absolute atomic E-state index is 0.178. The maximum atomic E-state index is 12.3. The fourth-order valence-electron chi connectivity index (χ4n) is 1.94. The van der Waals surface area contributed by atoms with Crippen molar-refractivity contribution < 1.29 is 13.6 Å². The van der Waals surface area contributed by atoms with E-state index >= 15 is 0 Å². The van der Waals surface area contributed by atoms with Gasteiger partial charge in [-0.1, -0.05) is 29.4 Å². The standard InChI is InChI=1S/C16H14ClN3O3S/c1-9-11(17)5-3-6-12(9)18-14(21)10(2)24-16-20-19-15(23-16)13-7-4-8-22-13/h3-8,10H,1-2H3,(H,18,21)/t10-/m0/s1. The Bertz CT molecular complexity index is 848. The van der Waals surface area contributed by atoms with Crippen LogP contribution in [-0.2, 0) is 4.79 Å². The zero-order valence-electron chi connectivity index (χ0n) is 12.9. The third-order valence-electron chi connectivity index (χ3n) is 3.31. The average Bonchev–Trinajstić information content (AvgIpc) is 3.22. The molecular weight excluding hydrogens is 350 g/mol. The quantitative estimate of drug-likeness (QED) is 0.676. The smallest absolute Gasteiger partial charge is 0.284 e. The van der Waals surface area contributed by atoms with Gasteiger partial charge in [0.05, 0.1) is 11.5 Å². The summed E-state index contributed by atoms with van der Waals surface area (Å²) in [5.41, 5.74) is 1.50. The number of carbonyl (C=O) groups excluding carboxylic acids is 1. The molecule has 0 spiro atoms. The van der Waals surface area contributed by atoms with Gasteiger partial charge in [0.25, 0.3) is 11.1 Å². The number of thioether (sulfide) groups is 1. The molecule has 1 amide bonds. The molecule has 6 nitrogen and oxygen atoms in total. The second-order valence-corrected chi connectivity index (χ2v) is 6.71. The molecule has 1 N–H and O–H groups in total. The van der Waals surface area contributed by atoms with Gasteiger partial charge < -0.3 is 14.2 Å². The fourth-order valence-corrected chi connectivity index (χ4v) is 2.80. The summed E-state index contributed by atoms with van der Waals surface area (Å²) in [6.07, 6.45) is 1.52. The highest BCUT2D eigenvalue weighted by Crippen LogP contribution is 2.28. The van der Waals surface area contributed by atoms with Gasteiger partial charge in [0.15, 0.2) is 5.76 Å². The van der Waals surface area contributed by atoms with E-state index in [0.29, 0.717) is 21.7 Å². The van der Waals surface area contributed by atoms with Gasteiger partial charge in [-0.15, -0.1) is 10.2 Å². The third-order valence-corrected chi connectivity index (χ3v) is 4.65. The van der Waals surface area contributed by atoms with E-state index < -0.39 is 5.25 Å². The summed E-state index contributed by atoms with van der Waals surface area (Å²) in [7, 11) is 0. The number of hydrogen-bond donors (Lipinski definition) is 1.